The molecule has 0 atom stereocenters. The summed E-state index contributed by atoms with van der Waals surface area (Å²) in [4.78, 5) is 25.2. The van der Waals surface area contributed by atoms with Crippen LogP contribution in [0.2, 0.25) is 0 Å². The van der Waals surface area contributed by atoms with Gasteiger partial charge in [0.1, 0.15) is 0 Å². The fraction of sp³-hybridized carbons (Fsp3) is 0.0588. The fourth-order valence-electron chi connectivity index (χ4n) is 2.78. The van der Waals surface area contributed by atoms with Gasteiger partial charge >= 0.3 is 0 Å². The Bertz CT molecular complexity index is 918. The van der Waals surface area contributed by atoms with E-state index in [0.29, 0.717) is 33.4 Å². The van der Waals surface area contributed by atoms with Gasteiger partial charge in [-0.05, 0) is 6.07 Å². The van der Waals surface area contributed by atoms with Crippen LogP contribution in [0.4, 0.5) is 0 Å². The topological polar surface area (TPSA) is 56.5 Å². The molecule has 1 aromatic heterocycles. The Morgan fingerprint density at radius 2 is 1.62 bits per heavy atom. The summed E-state index contributed by atoms with van der Waals surface area (Å²) in [7, 11) is 1.52. The van der Waals surface area contributed by atoms with Gasteiger partial charge in [0.05, 0.1) is 12.7 Å². The monoisotopic (exact) mass is 278 g/mol. The van der Waals surface area contributed by atoms with Gasteiger partial charge in [-0.3, -0.25) is 9.59 Å². The van der Waals surface area contributed by atoms with Crippen LogP contribution < -0.4 is 4.74 Å². The molecule has 1 aliphatic carbocycles. The normalized spacial score (nSPS) is 13.2. The van der Waals surface area contributed by atoms with E-state index in [4.69, 9.17) is 9.15 Å². The molecule has 0 radical (unpaired) electrons. The molecule has 4 heteroatoms. The molecule has 0 aliphatic heterocycles. The molecular formula is C17H10O4. The standard InChI is InChI=1S/C17H10O4/c1-20-12-8-4-7-11-13-14(18)9-5-2-3-6-10(9)15(19)17(13)21-16(11)12/h2-8H,1H3. The van der Waals surface area contributed by atoms with Crippen molar-refractivity contribution in [2.75, 3.05) is 7.11 Å². The molecule has 102 valence electrons. The third-order valence-electron chi connectivity index (χ3n) is 3.75. The highest BCUT2D eigenvalue weighted by Crippen LogP contribution is 2.38. The van der Waals surface area contributed by atoms with Crippen molar-refractivity contribution in [2.24, 2.45) is 0 Å². The Balaban J connectivity index is 2.11. The van der Waals surface area contributed by atoms with E-state index >= 15 is 0 Å². The van der Waals surface area contributed by atoms with E-state index in [-0.39, 0.29) is 17.3 Å². The summed E-state index contributed by atoms with van der Waals surface area (Å²) >= 11 is 0. The van der Waals surface area contributed by atoms with Gasteiger partial charge in [-0.2, -0.15) is 0 Å². The molecule has 2 aromatic carbocycles. The molecular weight excluding hydrogens is 268 g/mol. The number of carbonyl (C=O) groups is 2. The lowest BCUT2D eigenvalue weighted by Gasteiger charge is -2.12. The molecule has 0 bridgehead atoms. The predicted molar refractivity (Wildman–Crippen MR) is 76.1 cm³/mol. The van der Waals surface area contributed by atoms with Crippen LogP contribution in [-0.2, 0) is 0 Å². The summed E-state index contributed by atoms with van der Waals surface area (Å²) < 4.78 is 10.9. The van der Waals surface area contributed by atoms with E-state index in [9.17, 15) is 9.59 Å². The zero-order chi connectivity index (χ0) is 14.6. The van der Waals surface area contributed by atoms with Crippen molar-refractivity contribution >= 4 is 22.5 Å². The van der Waals surface area contributed by atoms with Crippen LogP contribution in [0.5, 0.6) is 5.75 Å². The van der Waals surface area contributed by atoms with Gasteiger partial charge in [0, 0.05) is 16.5 Å². The third-order valence-corrected chi connectivity index (χ3v) is 3.75. The molecule has 0 fully saturated rings. The molecule has 0 saturated carbocycles. The lowest BCUT2D eigenvalue weighted by Crippen LogP contribution is -2.19. The maximum Gasteiger partial charge on any atom is 0.229 e. The van der Waals surface area contributed by atoms with Crippen LogP contribution >= 0.6 is 0 Å². The quantitative estimate of drug-likeness (QED) is 0.536. The van der Waals surface area contributed by atoms with Crippen molar-refractivity contribution in [3.8, 4) is 5.75 Å². The second kappa shape index (κ2) is 4.06. The maximum atomic E-state index is 12.7. The van der Waals surface area contributed by atoms with Gasteiger partial charge in [-0.15, -0.1) is 0 Å². The van der Waals surface area contributed by atoms with Crippen molar-refractivity contribution in [2.45, 2.75) is 0 Å². The Morgan fingerprint density at radius 3 is 2.33 bits per heavy atom. The first kappa shape index (κ1) is 11.9. The Labute approximate surface area is 119 Å². The zero-order valence-electron chi connectivity index (χ0n) is 11.2. The summed E-state index contributed by atoms with van der Waals surface area (Å²) in [6.07, 6.45) is 0. The van der Waals surface area contributed by atoms with Gasteiger partial charge in [-0.1, -0.05) is 36.4 Å². The number of para-hydroxylation sites is 1. The molecule has 0 amide bonds. The summed E-state index contributed by atoms with van der Waals surface area (Å²) in [5.41, 5.74) is 1.56. The van der Waals surface area contributed by atoms with Crippen molar-refractivity contribution in [1.82, 2.24) is 0 Å². The summed E-state index contributed by atoms with van der Waals surface area (Å²) in [6, 6.07) is 12.1. The SMILES string of the molecule is COc1cccc2c3c(oc12)C(=O)c1ccccc1C3=O. The van der Waals surface area contributed by atoms with Crippen LogP contribution in [0, 0.1) is 0 Å². The number of furan rings is 1. The third kappa shape index (κ3) is 1.44. The van der Waals surface area contributed by atoms with Gasteiger partial charge in [-0.25, -0.2) is 0 Å². The number of rotatable bonds is 1. The van der Waals surface area contributed by atoms with Crippen molar-refractivity contribution in [1.29, 1.82) is 0 Å². The molecule has 3 aromatic rings. The second-order valence-corrected chi connectivity index (χ2v) is 4.85. The number of hydrogen-bond donors (Lipinski definition) is 0. The van der Waals surface area contributed by atoms with E-state index in [1.54, 1.807) is 42.5 Å². The van der Waals surface area contributed by atoms with Crippen LogP contribution in [0.15, 0.2) is 46.9 Å². The van der Waals surface area contributed by atoms with Crippen LogP contribution in [0.1, 0.15) is 32.0 Å². The molecule has 0 unspecified atom stereocenters. The lowest BCUT2D eigenvalue weighted by molar-refractivity contribution is 0.0962. The molecule has 1 aliphatic rings. The molecule has 0 N–H and O–H groups in total. The minimum atomic E-state index is -0.265. The minimum absolute atomic E-state index is 0.0956. The van der Waals surface area contributed by atoms with E-state index in [0.717, 1.165) is 0 Å². The van der Waals surface area contributed by atoms with Crippen LogP contribution in [0.25, 0.3) is 11.0 Å². The highest BCUT2D eigenvalue weighted by molar-refractivity contribution is 6.31. The van der Waals surface area contributed by atoms with E-state index < -0.39 is 0 Å². The fourth-order valence-corrected chi connectivity index (χ4v) is 2.78. The summed E-state index contributed by atoms with van der Waals surface area (Å²) in [5, 5.41) is 0.609. The predicted octanol–water partition coefficient (Wildman–Crippen LogP) is 3.22. The van der Waals surface area contributed by atoms with E-state index in [1.807, 2.05) is 0 Å². The summed E-state index contributed by atoms with van der Waals surface area (Å²) in [5.74, 6) is 0.149. The number of ether oxygens (including phenoxy) is 1. The van der Waals surface area contributed by atoms with E-state index in [1.165, 1.54) is 7.11 Å². The van der Waals surface area contributed by atoms with Gasteiger partial charge < -0.3 is 9.15 Å². The first-order valence-electron chi connectivity index (χ1n) is 6.50. The highest BCUT2D eigenvalue weighted by Gasteiger charge is 2.35. The van der Waals surface area contributed by atoms with Gasteiger partial charge in [0.15, 0.2) is 22.9 Å². The average Bonchev–Trinajstić information content (AvgIpc) is 2.92. The number of methoxy groups -OCH3 is 1. The Kier molecular flexibility index (Phi) is 2.30. The number of benzene rings is 2. The first-order valence-corrected chi connectivity index (χ1v) is 6.50. The van der Waals surface area contributed by atoms with Crippen molar-refractivity contribution < 1.29 is 18.7 Å². The van der Waals surface area contributed by atoms with E-state index in [2.05, 4.69) is 0 Å². The van der Waals surface area contributed by atoms with Gasteiger partial charge in [0.25, 0.3) is 0 Å². The van der Waals surface area contributed by atoms with Crippen LogP contribution in [0.3, 0.4) is 0 Å². The molecule has 0 spiro atoms. The zero-order valence-corrected chi connectivity index (χ0v) is 11.2. The number of hydrogen-bond acceptors (Lipinski definition) is 4. The first-order chi connectivity index (χ1) is 10.2. The molecule has 4 nitrogen and oxygen atoms in total. The van der Waals surface area contributed by atoms with Crippen molar-refractivity contribution in [3.63, 3.8) is 0 Å². The minimum Gasteiger partial charge on any atom is -0.493 e. The van der Waals surface area contributed by atoms with Crippen LogP contribution in [-0.4, -0.2) is 18.7 Å². The summed E-state index contributed by atoms with van der Waals surface area (Å²) in [6.45, 7) is 0. The maximum absolute atomic E-state index is 12.7. The molecule has 1 heterocycles. The highest BCUT2D eigenvalue weighted by atomic mass is 16.5. The largest absolute Gasteiger partial charge is 0.493 e. The second-order valence-electron chi connectivity index (χ2n) is 4.85. The van der Waals surface area contributed by atoms with Crippen molar-refractivity contribution in [3.05, 3.63) is 64.9 Å². The lowest BCUT2D eigenvalue weighted by atomic mass is 9.87. The number of ketones is 2. The molecule has 0 saturated heterocycles. The van der Waals surface area contributed by atoms with Gasteiger partial charge in [0.2, 0.25) is 5.78 Å². The smallest absolute Gasteiger partial charge is 0.229 e. The number of fused-ring (bicyclic) bond motifs is 4. The number of carbonyl (C=O) groups excluding carboxylic acids is 2. The average molecular weight is 278 g/mol. The molecule has 21 heavy (non-hydrogen) atoms. The Hall–Kier alpha value is -2.88. The molecule has 4 rings (SSSR count). The Morgan fingerprint density at radius 1 is 0.905 bits per heavy atom.